The molecule has 1 aromatic heterocycles. The molecule has 1 N–H and O–H groups in total. The molecule has 1 heterocycles. The summed E-state index contributed by atoms with van der Waals surface area (Å²) in [5.41, 5.74) is 0. The Balaban J connectivity index is 0.000000211. The average molecular weight is 169 g/mol. The number of hydrogen-bond acceptors (Lipinski definition) is 1. The van der Waals surface area contributed by atoms with E-state index in [1.807, 2.05) is 24.5 Å². The van der Waals surface area contributed by atoms with Gasteiger partial charge in [0.05, 0.1) is 0 Å². The van der Waals surface area contributed by atoms with Crippen molar-refractivity contribution in [2.45, 2.75) is 26.7 Å². The second-order valence-corrected chi connectivity index (χ2v) is 2.50. The van der Waals surface area contributed by atoms with Crippen molar-refractivity contribution >= 4 is 0 Å². The average Bonchev–Trinajstić information content (AvgIpc) is 2.62. The van der Waals surface area contributed by atoms with Crippen LogP contribution in [0.5, 0.6) is 0 Å². The van der Waals surface area contributed by atoms with Crippen molar-refractivity contribution in [2.75, 3.05) is 13.2 Å². The summed E-state index contributed by atoms with van der Waals surface area (Å²) in [6.07, 6.45) is 6.03. The molecular weight excluding hydrogens is 150 g/mol. The van der Waals surface area contributed by atoms with E-state index in [9.17, 15) is 0 Å². The first-order valence-electron chi connectivity index (χ1n) is 4.57. The molecule has 70 valence electrons. The van der Waals surface area contributed by atoms with Gasteiger partial charge in [-0.15, -0.1) is 0 Å². The number of nitrogens with one attached hydrogen (secondary N) is 1. The number of H-pyrrole nitrogens is 1. The van der Waals surface area contributed by atoms with Crippen LogP contribution in [0.3, 0.4) is 0 Å². The predicted molar refractivity (Wildman–Crippen MR) is 52.2 cm³/mol. The van der Waals surface area contributed by atoms with Gasteiger partial charge in [0.2, 0.25) is 0 Å². The van der Waals surface area contributed by atoms with Crippen LogP contribution in [-0.4, -0.2) is 18.2 Å². The van der Waals surface area contributed by atoms with Crippen molar-refractivity contribution in [1.82, 2.24) is 4.98 Å². The predicted octanol–water partition coefficient (Wildman–Crippen LogP) is 2.84. The summed E-state index contributed by atoms with van der Waals surface area (Å²) in [5.74, 6) is 0. The lowest BCUT2D eigenvalue weighted by Gasteiger charge is -1.95. The molecule has 1 aromatic rings. The Bertz CT molecular complexity index is 116. The molecule has 0 saturated heterocycles. The molecule has 0 fully saturated rings. The highest BCUT2D eigenvalue weighted by Crippen LogP contribution is 1.81. The van der Waals surface area contributed by atoms with Gasteiger partial charge in [0.15, 0.2) is 0 Å². The third-order valence-corrected chi connectivity index (χ3v) is 1.19. The minimum Gasteiger partial charge on any atom is -0.381 e. The van der Waals surface area contributed by atoms with E-state index in [0.717, 1.165) is 26.1 Å². The third-order valence-electron chi connectivity index (χ3n) is 1.19. The molecule has 12 heavy (non-hydrogen) atoms. The van der Waals surface area contributed by atoms with Gasteiger partial charge >= 0.3 is 0 Å². The first kappa shape index (κ1) is 11.2. The summed E-state index contributed by atoms with van der Waals surface area (Å²) < 4.78 is 5.13. The molecule has 0 spiro atoms. The Labute approximate surface area is 74.9 Å². The zero-order valence-corrected chi connectivity index (χ0v) is 8.05. The molecule has 0 unspecified atom stereocenters. The van der Waals surface area contributed by atoms with E-state index in [2.05, 4.69) is 18.8 Å². The fraction of sp³-hybridized carbons (Fsp3) is 0.600. The summed E-state index contributed by atoms with van der Waals surface area (Å²) >= 11 is 0. The lowest BCUT2D eigenvalue weighted by atomic mass is 10.5. The van der Waals surface area contributed by atoms with Crippen LogP contribution in [-0.2, 0) is 4.74 Å². The first-order chi connectivity index (χ1) is 5.91. The molecule has 0 aliphatic heterocycles. The lowest BCUT2D eigenvalue weighted by Crippen LogP contribution is -1.92. The summed E-state index contributed by atoms with van der Waals surface area (Å²) in [6, 6.07) is 3.89. The van der Waals surface area contributed by atoms with Crippen LogP contribution in [0.2, 0.25) is 0 Å². The number of aromatic nitrogens is 1. The van der Waals surface area contributed by atoms with Crippen LogP contribution in [0.4, 0.5) is 0 Å². The molecular formula is C10H19NO. The largest absolute Gasteiger partial charge is 0.381 e. The van der Waals surface area contributed by atoms with E-state index in [-0.39, 0.29) is 0 Å². The molecule has 0 bridgehead atoms. The number of ether oxygens (including phenoxy) is 1. The van der Waals surface area contributed by atoms with E-state index in [4.69, 9.17) is 4.74 Å². The fourth-order valence-electron chi connectivity index (χ4n) is 0.669. The van der Waals surface area contributed by atoms with Gasteiger partial charge in [-0.2, -0.15) is 0 Å². The van der Waals surface area contributed by atoms with Crippen molar-refractivity contribution in [3.8, 4) is 0 Å². The van der Waals surface area contributed by atoms with Gasteiger partial charge in [-0.25, -0.2) is 0 Å². The highest BCUT2D eigenvalue weighted by atomic mass is 16.5. The van der Waals surface area contributed by atoms with Crippen LogP contribution in [0, 0.1) is 0 Å². The number of aromatic amines is 1. The summed E-state index contributed by atoms with van der Waals surface area (Å²) in [5, 5.41) is 0. The van der Waals surface area contributed by atoms with Crippen LogP contribution in [0.15, 0.2) is 24.5 Å². The zero-order chi connectivity index (χ0) is 9.07. The van der Waals surface area contributed by atoms with Crippen molar-refractivity contribution in [1.29, 1.82) is 0 Å². The third kappa shape index (κ3) is 9.24. The Morgan fingerprint density at radius 3 is 1.75 bits per heavy atom. The Morgan fingerprint density at radius 2 is 1.50 bits per heavy atom. The van der Waals surface area contributed by atoms with Gasteiger partial charge < -0.3 is 9.72 Å². The van der Waals surface area contributed by atoms with Gasteiger partial charge in [-0.3, -0.25) is 0 Å². The quantitative estimate of drug-likeness (QED) is 0.689. The van der Waals surface area contributed by atoms with Crippen LogP contribution in [0.1, 0.15) is 26.7 Å². The van der Waals surface area contributed by atoms with Gasteiger partial charge in [-0.05, 0) is 25.0 Å². The Kier molecular flexibility index (Phi) is 9.59. The molecule has 0 aliphatic rings. The highest BCUT2D eigenvalue weighted by Gasteiger charge is 1.77. The summed E-state index contributed by atoms with van der Waals surface area (Å²) in [4.78, 5) is 2.86. The second-order valence-electron chi connectivity index (χ2n) is 2.50. The smallest absolute Gasteiger partial charge is 0.0463 e. The molecule has 0 amide bonds. The van der Waals surface area contributed by atoms with Crippen molar-refractivity contribution in [3.63, 3.8) is 0 Å². The molecule has 2 nitrogen and oxygen atoms in total. The molecule has 0 radical (unpaired) electrons. The number of hydrogen-bond donors (Lipinski definition) is 1. The van der Waals surface area contributed by atoms with Crippen molar-refractivity contribution < 1.29 is 4.74 Å². The monoisotopic (exact) mass is 169 g/mol. The normalized spacial score (nSPS) is 8.83. The SMILES string of the molecule is CCCOCCC.c1cc[nH]c1. The fourth-order valence-corrected chi connectivity index (χ4v) is 0.669. The van der Waals surface area contributed by atoms with E-state index in [1.54, 1.807) is 0 Å². The molecule has 2 heteroatoms. The minimum absolute atomic E-state index is 0.924. The first-order valence-corrected chi connectivity index (χ1v) is 4.57. The topological polar surface area (TPSA) is 25.0 Å². The van der Waals surface area contributed by atoms with Gasteiger partial charge in [-0.1, -0.05) is 13.8 Å². The maximum absolute atomic E-state index is 5.13. The van der Waals surface area contributed by atoms with Crippen LogP contribution >= 0.6 is 0 Å². The number of rotatable bonds is 4. The van der Waals surface area contributed by atoms with E-state index < -0.39 is 0 Å². The van der Waals surface area contributed by atoms with Gasteiger partial charge in [0.25, 0.3) is 0 Å². The maximum Gasteiger partial charge on any atom is 0.0463 e. The molecule has 0 aliphatic carbocycles. The van der Waals surface area contributed by atoms with Crippen LogP contribution in [0.25, 0.3) is 0 Å². The summed E-state index contributed by atoms with van der Waals surface area (Å²) in [7, 11) is 0. The molecule has 0 atom stereocenters. The maximum atomic E-state index is 5.13. The summed E-state index contributed by atoms with van der Waals surface area (Å²) in [6.45, 7) is 6.09. The minimum atomic E-state index is 0.924. The van der Waals surface area contributed by atoms with E-state index in [0.29, 0.717) is 0 Å². The van der Waals surface area contributed by atoms with Crippen LogP contribution < -0.4 is 0 Å². The highest BCUT2D eigenvalue weighted by molar-refractivity contribution is 4.84. The van der Waals surface area contributed by atoms with Gasteiger partial charge in [0, 0.05) is 25.6 Å². The van der Waals surface area contributed by atoms with Crippen molar-refractivity contribution in [2.24, 2.45) is 0 Å². The Hall–Kier alpha value is -0.760. The Morgan fingerprint density at radius 1 is 1.00 bits per heavy atom. The van der Waals surface area contributed by atoms with Gasteiger partial charge in [0.1, 0.15) is 0 Å². The molecule has 1 rings (SSSR count). The van der Waals surface area contributed by atoms with Crippen molar-refractivity contribution in [3.05, 3.63) is 24.5 Å². The van der Waals surface area contributed by atoms with E-state index >= 15 is 0 Å². The molecule has 0 aromatic carbocycles. The molecule has 0 saturated carbocycles. The van der Waals surface area contributed by atoms with E-state index in [1.165, 1.54) is 0 Å². The lowest BCUT2D eigenvalue weighted by molar-refractivity contribution is 0.135. The zero-order valence-electron chi connectivity index (χ0n) is 8.05. The second kappa shape index (κ2) is 10.2. The standard InChI is InChI=1S/C6H14O.C4H5N/c1-3-5-7-6-4-2;1-2-4-5-3-1/h3-6H2,1-2H3;1-5H.